The second-order valence-electron chi connectivity index (χ2n) is 3.98. The monoisotopic (exact) mass is 291 g/mol. The first-order valence-corrected chi connectivity index (χ1v) is 6.82. The molecule has 0 bridgehead atoms. The largest absolute Gasteiger partial charge is 0.492 e. The number of aliphatic hydroxyl groups excluding tert-OH is 1. The van der Waals surface area contributed by atoms with Crippen LogP contribution in [0, 0.1) is 0 Å². The molecule has 0 radical (unpaired) electrons. The Bertz CT molecular complexity index is 381. The van der Waals surface area contributed by atoms with E-state index < -0.39 is 0 Å². The molecule has 1 aromatic rings. The van der Waals surface area contributed by atoms with Gasteiger partial charge >= 0.3 is 0 Å². The van der Waals surface area contributed by atoms with Gasteiger partial charge < -0.3 is 15.2 Å². The van der Waals surface area contributed by atoms with Crippen LogP contribution in [-0.4, -0.2) is 24.4 Å². The summed E-state index contributed by atoms with van der Waals surface area (Å²) in [5.74, 6) is 0.656. The summed E-state index contributed by atoms with van der Waals surface area (Å²) in [6, 6.07) is 3.56. The fourth-order valence-electron chi connectivity index (χ4n) is 1.64. The molecule has 0 spiro atoms. The highest BCUT2D eigenvalue weighted by Crippen LogP contribution is 2.32. The molecule has 0 aliphatic rings. The van der Waals surface area contributed by atoms with E-state index in [0.29, 0.717) is 28.9 Å². The molecule has 0 saturated carbocycles. The van der Waals surface area contributed by atoms with Crippen LogP contribution >= 0.6 is 23.2 Å². The van der Waals surface area contributed by atoms with Gasteiger partial charge in [-0.1, -0.05) is 30.1 Å². The topological polar surface area (TPSA) is 41.5 Å². The molecule has 0 aliphatic carbocycles. The molecule has 3 nitrogen and oxygen atoms in total. The zero-order chi connectivity index (χ0) is 13.5. The normalized spacial score (nSPS) is 12.5. The fraction of sp³-hybridized carbons (Fsp3) is 0.538. The van der Waals surface area contributed by atoms with Crippen molar-refractivity contribution in [3.8, 4) is 5.75 Å². The van der Waals surface area contributed by atoms with Crippen molar-refractivity contribution < 1.29 is 9.84 Å². The Labute approximate surface area is 118 Å². The molecule has 0 aromatic heterocycles. The highest BCUT2D eigenvalue weighted by Gasteiger charge is 2.12. The van der Waals surface area contributed by atoms with Crippen LogP contribution in [0.3, 0.4) is 0 Å². The Hall–Kier alpha value is -0.480. The minimum absolute atomic E-state index is 0.0669. The SMILES string of the molecule is CCOc1c(Cl)cc(Cl)cc1CN[C@H](CC)CO. The summed E-state index contributed by atoms with van der Waals surface area (Å²) in [7, 11) is 0. The van der Waals surface area contributed by atoms with Crippen molar-refractivity contribution in [1.29, 1.82) is 0 Å². The number of halogens is 2. The van der Waals surface area contributed by atoms with E-state index in [1.165, 1.54) is 0 Å². The molecule has 1 atom stereocenters. The van der Waals surface area contributed by atoms with Crippen molar-refractivity contribution in [2.24, 2.45) is 0 Å². The van der Waals surface area contributed by atoms with E-state index in [4.69, 9.17) is 33.0 Å². The molecular formula is C13H19Cl2NO2. The van der Waals surface area contributed by atoms with Crippen molar-refractivity contribution in [3.05, 3.63) is 27.7 Å². The lowest BCUT2D eigenvalue weighted by Gasteiger charge is -2.17. The van der Waals surface area contributed by atoms with Gasteiger partial charge in [-0.3, -0.25) is 0 Å². The van der Waals surface area contributed by atoms with E-state index in [-0.39, 0.29) is 12.6 Å². The molecular weight excluding hydrogens is 273 g/mol. The second-order valence-corrected chi connectivity index (χ2v) is 4.82. The maximum atomic E-state index is 9.14. The van der Waals surface area contributed by atoms with Gasteiger partial charge in [0.1, 0.15) is 5.75 Å². The summed E-state index contributed by atoms with van der Waals surface area (Å²) < 4.78 is 5.53. The third kappa shape index (κ3) is 4.32. The summed E-state index contributed by atoms with van der Waals surface area (Å²) >= 11 is 12.1. The number of nitrogens with one attached hydrogen (secondary N) is 1. The van der Waals surface area contributed by atoms with E-state index in [2.05, 4.69) is 5.32 Å². The van der Waals surface area contributed by atoms with Gasteiger partial charge in [-0.05, 0) is 25.5 Å². The first-order chi connectivity index (χ1) is 8.62. The second kappa shape index (κ2) is 7.85. The molecule has 2 N–H and O–H groups in total. The Morgan fingerprint density at radius 1 is 1.33 bits per heavy atom. The van der Waals surface area contributed by atoms with Gasteiger partial charge in [-0.15, -0.1) is 0 Å². The van der Waals surface area contributed by atoms with Crippen molar-refractivity contribution in [2.45, 2.75) is 32.9 Å². The van der Waals surface area contributed by atoms with Crippen LogP contribution in [-0.2, 0) is 6.54 Å². The molecule has 0 saturated heterocycles. The van der Waals surface area contributed by atoms with Gasteiger partial charge in [0.05, 0.1) is 18.2 Å². The Morgan fingerprint density at radius 2 is 2.06 bits per heavy atom. The zero-order valence-corrected chi connectivity index (χ0v) is 12.2. The van der Waals surface area contributed by atoms with Crippen LogP contribution in [0.25, 0.3) is 0 Å². The predicted octanol–water partition coefficient (Wildman–Crippen LogP) is 3.25. The fourth-order valence-corrected chi connectivity index (χ4v) is 2.23. The van der Waals surface area contributed by atoms with Crippen LogP contribution in [0.15, 0.2) is 12.1 Å². The maximum absolute atomic E-state index is 9.14. The van der Waals surface area contributed by atoms with Gasteiger partial charge in [0.15, 0.2) is 0 Å². The lowest BCUT2D eigenvalue weighted by atomic mass is 10.1. The molecule has 1 aromatic carbocycles. The molecule has 0 unspecified atom stereocenters. The van der Waals surface area contributed by atoms with E-state index >= 15 is 0 Å². The van der Waals surface area contributed by atoms with E-state index in [9.17, 15) is 0 Å². The molecule has 0 amide bonds. The third-order valence-corrected chi connectivity index (χ3v) is 3.17. The van der Waals surface area contributed by atoms with Crippen molar-refractivity contribution in [1.82, 2.24) is 5.32 Å². The van der Waals surface area contributed by atoms with Crippen molar-refractivity contribution in [2.75, 3.05) is 13.2 Å². The maximum Gasteiger partial charge on any atom is 0.142 e. The minimum atomic E-state index is 0.0669. The average molecular weight is 292 g/mol. The zero-order valence-electron chi connectivity index (χ0n) is 10.7. The third-order valence-electron chi connectivity index (χ3n) is 2.67. The van der Waals surface area contributed by atoms with Gasteiger partial charge in [0, 0.05) is 23.2 Å². The van der Waals surface area contributed by atoms with Crippen molar-refractivity contribution >= 4 is 23.2 Å². The van der Waals surface area contributed by atoms with Gasteiger partial charge in [0.25, 0.3) is 0 Å². The lowest BCUT2D eigenvalue weighted by molar-refractivity contribution is 0.237. The summed E-state index contributed by atoms with van der Waals surface area (Å²) in [6.07, 6.45) is 0.856. The highest BCUT2D eigenvalue weighted by molar-refractivity contribution is 6.35. The molecule has 0 fully saturated rings. The molecule has 0 aliphatic heterocycles. The standard InChI is InChI=1S/C13H19Cl2NO2/c1-3-11(8-17)16-7-9-5-10(14)6-12(15)13(9)18-4-2/h5-6,11,16-17H,3-4,7-8H2,1-2H3/t11-/m1/s1. The summed E-state index contributed by atoms with van der Waals surface area (Å²) in [5, 5.41) is 13.5. The molecule has 102 valence electrons. The van der Waals surface area contributed by atoms with Gasteiger partial charge in [0.2, 0.25) is 0 Å². The van der Waals surface area contributed by atoms with Gasteiger partial charge in [-0.25, -0.2) is 0 Å². The predicted molar refractivity (Wildman–Crippen MR) is 75.6 cm³/mol. The summed E-state index contributed by atoms with van der Waals surface area (Å²) in [4.78, 5) is 0. The Balaban J connectivity index is 2.85. The smallest absolute Gasteiger partial charge is 0.142 e. The number of rotatable bonds is 7. The van der Waals surface area contributed by atoms with Crippen LogP contribution in [0.1, 0.15) is 25.8 Å². The van der Waals surface area contributed by atoms with Crippen molar-refractivity contribution in [3.63, 3.8) is 0 Å². The van der Waals surface area contributed by atoms with Crippen LogP contribution in [0.2, 0.25) is 10.0 Å². The number of benzene rings is 1. The molecule has 1 rings (SSSR count). The minimum Gasteiger partial charge on any atom is -0.492 e. The Morgan fingerprint density at radius 3 is 2.61 bits per heavy atom. The van der Waals surface area contributed by atoms with E-state index in [1.54, 1.807) is 6.07 Å². The summed E-state index contributed by atoms with van der Waals surface area (Å²) in [6.45, 7) is 5.14. The quantitative estimate of drug-likeness (QED) is 0.810. The summed E-state index contributed by atoms with van der Waals surface area (Å²) in [5.41, 5.74) is 0.904. The van der Waals surface area contributed by atoms with E-state index in [0.717, 1.165) is 12.0 Å². The lowest BCUT2D eigenvalue weighted by Crippen LogP contribution is -2.31. The first-order valence-electron chi connectivity index (χ1n) is 6.07. The van der Waals surface area contributed by atoms with Crippen LogP contribution < -0.4 is 10.1 Å². The average Bonchev–Trinajstić information content (AvgIpc) is 2.34. The Kier molecular flexibility index (Phi) is 6.79. The molecule has 5 heteroatoms. The highest BCUT2D eigenvalue weighted by atomic mass is 35.5. The number of aliphatic hydroxyl groups is 1. The molecule has 18 heavy (non-hydrogen) atoms. The first kappa shape index (κ1) is 15.6. The van der Waals surface area contributed by atoms with Crippen LogP contribution in [0.5, 0.6) is 5.75 Å². The number of ether oxygens (including phenoxy) is 1. The van der Waals surface area contributed by atoms with Crippen LogP contribution in [0.4, 0.5) is 0 Å². The molecule has 0 heterocycles. The van der Waals surface area contributed by atoms with Gasteiger partial charge in [-0.2, -0.15) is 0 Å². The van der Waals surface area contributed by atoms with E-state index in [1.807, 2.05) is 19.9 Å². The number of hydrogen-bond donors (Lipinski definition) is 2. The number of hydrogen-bond acceptors (Lipinski definition) is 3.